The Morgan fingerprint density at radius 3 is 2.83 bits per heavy atom. The van der Waals surface area contributed by atoms with E-state index in [1.165, 1.54) is 0 Å². The van der Waals surface area contributed by atoms with Gasteiger partial charge in [0, 0.05) is 23.5 Å². The minimum Gasteiger partial charge on any atom is -0.488 e. The van der Waals surface area contributed by atoms with Crippen LogP contribution in [0.1, 0.15) is 16.7 Å². The van der Waals surface area contributed by atoms with E-state index in [1.54, 1.807) is 11.8 Å². The molecule has 23 heavy (non-hydrogen) atoms. The Morgan fingerprint density at radius 1 is 1.22 bits per heavy atom. The van der Waals surface area contributed by atoms with Gasteiger partial charge in [0.2, 0.25) is 0 Å². The molecule has 0 aliphatic carbocycles. The highest BCUT2D eigenvalue weighted by Crippen LogP contribution is 2.41. The molecule has 0 spiro atoms. The minimum atomic E-state index is -1.19. The maximum Gasteiger partial charge on any atom is 0.131 e. The monoisotopic (exact) mass is 331 g/mol. The molecule has 122 valence electrons. The molecule has 1 unspecified atom stereocenters. The summed E-state index contributed by atoms with van der Waals surface area (Å²) in [6, 6.07) is 13.7. The molecule has 5 heteroatoms. The van der Waals surface area contributed by atoms with E-state index >= 15 is 0 Å². The van der Waals surface area contributed by atoms with Crippen molar-refractivity contribution in [2.75, 3.05) is 26.0 Å². The molecule has 2 aromatic carbocycles. The van der Waals surface area contributed by atoms with Crippen LogP contribution in [0.25, 0.3) is 0 Å². The molecule has 1 atom stereocenters. The Labute approximate surface area is 140 Å². The van der Waals surface area contributed by atoms with E-state index in [0.717, 1.165) is 21.6 Å². The van der Waals surface area contributed by atoms with Gasteiger partial charge in [0.1, 0.15) is 18.0 Å². The van der Waals surface area contributed by atoms with Crippen molar-refractivity contribution < 1.29 is 14.9 Å². The molecular formula is C18H21NO3S. The number of ether oxygens (including phenoxy) is 1. The third kappa shape index (κ3) is 3.10. The number of aliphatic hydroxyl groups excluding tert-OH is 1. The summed E-state index contributed by atoms with van der Waals surface area (Å²) in [4.78, 5) is 1.10. The van der Waals surface area contributed by atoms with Crippen molar-refractivity contribution in [2.45, 2.75) is 17.1 Å². The molecule has 2 aromatic rings. The van der Waals surface area contributed by atoms with E-state index < -0.39 is 5.60 Å². The second-order valence-electron chi connectivity index (χ2n) is 5.57. The van der Waals surface area contributed by atoms with Gasteiger partial charge in [0.05, 0.1) is 6.61 Å². The Balaban J connectivity index is 2.13. The van der Waals surface area contributed by atoms with E-state index in [1.807, 2.05) is 48.7 Å². The normalized spacial score (nSPS) is 19.4. The largest absolute Gasteiger partial charge is 0.488 e. The lowest BCUT2D eigenvalue weighted by Gasteiger charge is -2.30. The standard InChI is InChI=1S/C18H21NO3S/c1-23-14-7-6-13-11-22-17-5-3-2-4-15(17)18(21,16(13)10-14)12-19-8-9-20/h2-7,10,19-21H,8-9,11-12H2,1H3. The molecule has 1 heterocycles. The lowest BCUT2D eigenvalue weighted by molar-refractivity contribution is 0.0777. The number of thioether (sulfide) groups is 1. The molecule has 0 amide bonds. The average molecular weight is 331 g/mol. The maximum atomic E-state index is 11.6. The van der Waals surface area contributed by atoms with Gasteiger partial charge >= 0.3 is 0 Å². The van der Waals surface area contributed by atoms with Gasteiger partial charge in [-0.05, 0) is 35.6 Å². The summed E-state index contributed by atoms with van der Waals surface area (Å²) in [6.45, 7) is 1.22. The molecule has 0 saturated heterocycles. The number of rotatable bonds is 5. The number of fused-ring (bicyclic) bond motifs is 2. The number of para-hydroxylation sites is 1. The highest BCUT2D eigenvalue weighted by molar-refractivity contribution is 7.98. The topological polar surface area (TPSA) is 61.7 Å². The van der Waals surface area contributed by atoms with Crippen LogP contribution < -0.4 is 10.1 Å². The molecular weight excluding hydrogens is 310 g/mol. The van der Waals surface area contributed by atoms with Gasteiger partial charge in [-0.15, -0.1) is 11.8 Å². The Bertz CT molecular complexity index is 692. The van der Waals surface area contributed by atoms with Crippen LogP contribution in [0.2, 0.25) is 0 Å². The second-order valence-corrected chi connectivity index (χ2v) is 6.45. The first kappa shape index (κ1) is 16.3. The van der Waals surface area contributed by atoms with Crippen molar-refractivity contribution in [3.63, 3.8) is 0 Å². The van der Waals surface area contributed by atoms with Crippen molar-refractivity contribution in [3.8, 4) is 5.75 Å². The highest BCUT2D eigenvalue weighted by atomic mass is 32.2. The minimum absolute atomic E-state index is 0.0337. The van der Waals surface area contributed by atoms with Crippen LogP contribution in [0.15, 0.2) is 47.4 Å². The van der Waals surface area contributed by atoms with Gasteiger partial charge in [-0.3, -0.25) is 0 Å². The number of nitrogens with one attached hydrogen (secondary N) is 1. The molecule has 0 radical (unpaired) electrons. The van der Waals surface area contributed by atoms with Gasteiger partial charge in [-0.1, -0.05) is 24.3 Å². The Morgan fingerprint density at radius 2 is 2.04 bits per heavy atom. The molecule has 4 nitrogen and oxygen atoms in total. The maximum absolute atomic E-state index is 11.6. The number of benzene rings is 2. The van der Waals surface area contributed by atoms with Crippen molar-refractivity contribution in [1.82, 2.24) is 5.32 Å². The Hall–Kier alpha value is -1.53. The fourth-order valence-corrected chi connectivity index (χ4v) is 3.41. The Kier molecular flexibility index (Phi) is 4.92. The predicted molar refractivity (Wildman–Crippen MR) is 92.0 cm³/mol. The molecule has 3 rings (SSSR count). The van der Waals surface area contributed by atoms with Crippen LogP contribution in [0.3, 0.4) is 0 Å². The number of hydrogen-bond acceptors (Lipinski definition) is 5. The van der Waals surface area contributed by atoms with Gasteiger partial charge in [-0.2, -0.15) is 0 Å². The summed E-state index contributed by atoms with van der Waals surface area (Å²) in [5.74, 6) is 0.697. The van der Waals surface area contributed by atoms with E-state index in [9.17, 15) is 5.11 Å². The van der Waals surface area contributed by atoms with Gasteiger partial charge in [0.15, 0.2) is 0 Å². The lowest BCUT2D eigenvalue weighted by atomic mass is 9.83. The summed E-state index contributed by atoms with van der Waals surface area (Å²) in [5.41, 5.74) is 1.40. The zero-order valence-electron chi connectivity index (χ0n) is 13.1. The summed E-state index contributed by atoms with van der Waals surface area (Å²) in [7, 11) is 0. The first-order valence-electron chi connectivity index (χ1n) is 7.62. The van der Waals surface area contributed by atoms with Crippen molar-refractivity contribution in [1.29, 1.82) is 0 Å². The van der Waals surface area contributed by atoms with Crippen LogP contribution in [-0.4, -0.2) is 36.2 Å². The summed E-state index contributed by atoms with van der Waals surface area (Å²) < 4.78 is 5.91. The first-order chi connectivity index (χ1) is 11.2. The van der Waals surface area contributed by atoms with Crippen LogP contribution >= 0.6 is 11.8 Å². The molecule has 3 N–H and O–H groups in total. The van der Waals surface area contributed by atoms with Crippen molar-refractivity contribution in [2.24, 2.45) is 0 Å². The van der Waals surface area contributed by atoms with E-state index in [-0.39, 0.29) is 6.61 Å². The third-order valence-electron chi connectivity index (χ3n) is 4.15. The van der Waals surface area contributed by atoms with E-state index in [2.05, 4.69) is 5.32 Å². The van der Waals surface area contributed by atoms with E-state index in [4.69, 9.17) is 9.84 Å². The second kappa shape index (κ2) is 6.93. The summed E-state index contributed by atoms with van der Waals surface area (Å²) in [6.07, 6.45) is 2.02. The SMILES string of the molecule is CSc1ccc2c(c1)C(O)(CNCCO)c1ccccc1OC2. The van der Waals surface area contributed by atoms with Gasteiger partial charge in [0.25, 0.3) is 0 Å². The zero-order valence-corrected chi connectivity index (χ0v) is 13.9. The molecule has 1 aliphatic rings. The zero-order chi connectivity index (χ0) is 16.3. The molecule has 1 aliphatic heterocycles. The third-order valence-corrected chi connectivity index (χ3v) is 4.87. The summed E-state index contributed by atoms with van der Waals surface area (Å²) in [5, 5.41) is 23.7. The number of aliphatic hydroxyl groups is 2. The summed E-state index contributed by atoms with van der Waals surface area (Å²) >= 11 is 1.65. The highest BCUT2D eigenvalue weighted by Gasteiger charge is 2.38. The van der Waals surface area contributed by atoms with Crippen LogP contribution in [-0.2, 0) is 12.2 Å². The quantitative estimate of drug-likeness (QED) is 0.579. The van der Waals surface area contributed by atoms with Crippen LogP contribution in [0.5, 0.6) is 5.75 Å². The van der Waals surface area contributed by atoms with Crippen molar-refractivity contribution in [3.05, 3.63) is 59.2 Å². The van der Waals surface area contributed by atoms with Gasteiger partial charge < -0.3 is 20.3 Å². The first-order valence-corrected chi connectivity index (χ1v) is 8.85. The van der Waals surface area contributed by atoms with Crippen LogP contribution in [0.4, 0.5) is 0 Å². The fourth-order valence-electron chi connectivity index (χ4n) is 2.97. The predicted octanol–water partition coefficient (Wildman–Crippen LogP) is 2.12. The molecule has 0 saturated carbocycles. The lowest BCUT2D eigenvalue weighted by Crippen LogP contribution is -2.40. The van der Waals surface area contributed by atoms with Gasteiger partial charge in [-0.25, -0.2) is 0 Å². The smallest absolute Gasteiger partial charge is 0.131 e. The number of hydrogen-bond donors (Lipinski definition) is 3. The van der Waals surface area contributed by atoms with E-state index in [0.29, 0.717) is 25.4 Å². The molecule has 0 fully saturated rings. The van der Waals surface area contributed by atoms with Crippen LogP contribution in [0, 0.1) is 0 Å². The average Bonchev–Trinajstić information content (AvgIpc) is 2.71. The molecule has 0 bridgehead atoms. The molecule has 0 aromatic heterocycles. The fraction of sp³-hybridized carbons (Fsp3) is 0.333. The van der Waals surface area contributed by atoms with Crippen molar-refractivity contribution >= 4 is 11.8 Å².